The Labute approximate surface area is 243 Å². The lowest BCUT2D eigenvalue weighted by molar-refractivity contribution is 0.0425. The van der Waals surface area contributed by atoms with Crippen LogP contribution >= 0.6 is 25.4 Å². The van der Waals surface area contributed by atoms with Crippen molar-refractivity contribution in [2.45, 2.75) is 61.8 Å². The van der Waals surface area contributed by atoms with Gasteiger partial charge in [-0.25, -0.2) is 0 Å². The summed E-state index contributed by atoms with van der Waals surface area (Å²) >= 11 is 0. The summed E-state index contributed by atoms with van der Waals surface area (Å²) in [7, 11) is -3.96. The van der Waals surface area contributed by atoms with Crippen molar-refractivity contribution >= 4 is 36.0 Å². The Morgan fingerprint density at radius 2 is 1.07 bits per heavy atom. The van der Waals surface area contributed by atoms with Crippen molar-refractivity contribution in [3.05, 3.63) is 52.6 Å². The minimum Gasteiger partial charge on any atom is -0.426 e. The van der Waals surface area contributed by atoms with Gasteiger partial charge < -0.3 is 31.7 Å². The fourth-order valence-electron chi connectivity index (χ4n) is 4.45. The van der Waals surface area contributed by atoms with Gasteiger partial charge in [0.2, 0.25) is 16.8 Å². The Bertz CT molecular complexity index is 1140. The third kappa shape index (κ3) is 7.62. The molecule has 10 heteroatoms. The van der Waals surface area contributed by atoms with Gasteiger partial charge in [0.15, 0.2) is 0 Å². The first-order valence-electron chi connectivity index (χ1n) is 13.9. The lowest BCUT2D eigenvalue weighted by Gasteiger charge is -2.37. The van der Waals surface area contributed by atoms with E-state index in [0.29, 0.717) is 46.1 Å². The lowest BCUT2D eigenvalue weighted by atomic mass is 9.97. The van der Waals surface area contributed by atoms with Crippen LogP contribution in [0.25, 0.3) is 0 Å². The van der Waals surface area contributed by atoms with Crippen molar-refractivity contribution in [2.24, 2.45) is 16.2 Å². The summed E-state index contributed by atoms with van der Waals surface area (Å²) in [5, 5.41) is 2.18. The van der Waals surface area contributed by atoms with E-state index >= 15 is 0 Å². The fourth-order valence-corrected chi connectivity index (χ4v) is 9.99. The Kier molecular flexibility index (Phi) is 9.31. The Balaban J connectivity index is 1.51. The maximum Gasteiger partial charge on any atom is 0.397 e. The zero-order valence-corrected chi connectivity index (χ0v) is 27.7. The molecule has 0 N–H and O–H groups in total. The third-order valence-electron chi connectivity index (χ3n) is 6.91. The first-order valence-corrected chi connectivity index (χ1v) is 17.3. The Morgan fingerprint density at radius 3 is 1.55 bits per heavy atom. The molecule has 2 aromatic carbocycles. The van der Waals surface area contributed by atoms with Gasteiger partial charge in [-0.2, -0.15) is 0 Å². The Morgan fingerprint density at radius 1 is 0.625 bits per heavy atom. The number of hydrogen-bond acceptors (Lipinski definition) is 7. The van der Waals surface area contributed by atoms with Gasteiger partial charge in [0.05, 0.1) is 39.6 Å². The van der Waals surface area contributed by atoms with Crippen LogP contribution in [-0.4, -0.2) is 39.6 Å². The van der Waals surface area contributed by atoms with Crippen LogP contribution in [0.2, 0.25) is 0 Å². The minimum absolute atomic E-state index is 0.00875. The van der Waals surface area contributed by atoms with Crippen molar-refractivity contribution in [2.75, 3.05) is 39.6 Å². The first-order chi connectivity index (χ1) is 18.8. The molecule has 0 radical (unpaired) electrons. The molecule has 0 aliphatic carbocycles. The molecule has 0 aromatic heterocycles. The van der Waals surface area contributed by atoms with E-state index in [1.54, 1.807) is 0 Å². The van der Waals surface area contributed by atoms with E-state index in [-0.39, 0.29) is 16.2 Å². The monoisotopic (exact) mass is 608 g/mol. The normalized spacial score (nSPS) is 23.7. The molecule has 3 aliphatic rings. The molecule has 3 aliphatic heterocycles. The molecule has 3 fully saturated rings. The second kappa shape index (κ2) is 12.1. The molecule has 3 heterocycles. The van der Waals surface area contributed by atoms with Crippen LogP contribution in [0.15, 0.2) is 30.3 Å². The molecule has 7 nitrogen and oxygen atoms in total. The standard InChI is InChI=1S/C30H43O7P3/c1-21-9-10-25(37-40-35-19-30(7,8)20-36-40)23(11-21)14-24-26(38-31-15-28(3,4)16-32-38)12-22(2)13-27(24)39-33-17-29(5,6)18-34-39/h9-13H,14-20H2,1-8H3. The number of rotatable bonds is 6. The summed E-state index contributed by atoms with van der Waals surface area (Å²) in [6.07, 6.45) is 0.626. The van der Waals surface area contributed by atoms with Crippen LogP contribution in [-0.2, 0) is 33.6 Å². The number of benzene rings is 2. The molecule has 3 saturated heterocycles. The van der Waals surface area contributed by atoms with Gasteiger partial charge in [-0.1, -0.05) is 59.2 Å². The fraction of sp³-hybridized carbons (Fsp3) is 0.600. The quantitative estimate of drug-likeness (QED) is 0.313. The molecule has 220 valence electrons. The molecule has 0 bridgehead atoms. The lowest BCUT2D eigenvalue weighted by Crippen LogP contribution is -2.34. The van der Waals surface area contributed by atoms with E-state index in [1.165, 1.54) is 0 Å². The molecular weight excluding hydrogens is 565 g/mol. The van der Waals surface area contributed by atoms with Crippen LogP contribution in [0.5, 0.6) is 5.75 Å². The molecule has 40 heavy (non-hydrogen) atoms. The average molecular weight is 609 g/mol. The third-order valence-corrected chi connectivity index (χ3v) is 11.0. The molecule has 0 unspecified atom stereocenters. The minimum atomic E-state index is -1.46. The Hall–Kier alpha value is -0.710. The summed E-state index contributed by atoms with van der Waals surface area (Å²) in [6.45, 7) is 21.0. The van der Waals surface area contributed by atoms with Gasteiger partial charge in [0.25, 0.3) is 0 Å². The summed E-state index contributed by atoms with van der Waals surface area (Å²) in [5.74, 6) is 0.771. The molecule has 0 spiro atoms. The zero-order valence-electron chi connectivity index (χ0n) is 25.0. The van der Waals surface area contributed by atoms with Gasteiger partial charge in [0, 0.05) is 33.3 Å². The number of hydrogen-bond donors (Lipinski definition) is 0. The zero-order chi connectivity index (χ0) is 28.7. The molecule has 5 rings (SSSR count). The SMILES string of the molecule is Cc1ccc(OP2OCC(C)(C)CO2)c(Cc2c(P3OCC(C)(C)CO3)cc(C)cc2P2OCC(C)(C)CO2)c1. The van der Waals surface area contributed by atoms with E-state index in [0.717, 1.165) is 38.6 Å². The van der Waals surface area contributed by atoms with Crippen LogP contribution in [0.4, 0.5) is 0 Å². The van der Waals surface area contributed by atoms with Crippen LogP contribution in [0, 0.1) is 30.1 Å². The highest BCUT2D eigenvalue weighted by atomic mass is 31.2. The maximum absolute atomic E-state index is 6.38. The molecule has 2 aromatic rings. The topological polar surface area (TPSA) is 64.6 Å². The predicted octanol–water partition coefficient (Wildman–Crippen LogP) is 7.59. The summed E-state index contributed by atoms with van der Waals surface area (Å²) in [5.41, 5.74) is 4.46. The van der Waals surface area contributed by atoms with E-state index in [2.05, 4.69) is 79.7 Å². The second-order valence-electron chi connectivity index (χ2n) is 13.5. The smallest absolute Gasteiger partial charge is 0.397 e. The van der Waals surface area contributed by atoms with Crippen molar-refractivity contribution in [3.63, 3.8) is 0 Å². The van der Waals surface area contributed by atoms with Crippen LogP contribution in [0.3, 0.4) is 0 Å². The summed E-state index contributed by atoms with van der Waals surface area (Å²) < 4.78 is 43.8. The van der Waals surface area contributed by atoms with Crippen molar-refractivity contribution in [1.82, 2.24) is 0 Å². The van der Waals surface area contributed by atoms with Gasteiger partial charge in [-0.05, 0) is 48.7 Å². The maximum atomic E-state index is 6.38. The van der Waals surface area contributed by atoms with Gasteiger partial charge in [-0.15, -0.1) is 0 Å². The highest BCUT2D eigenvalue weighted by molar-refractivity contribution is 7.58. The van der Waals surface area contributed by atoms with Crippen molar-refractivity contribution in [1.29, 1.82) is 0 Å². The van der Waals surface area contributed by atoms with Crippen LogP contribution < -0.4 is 15.1 Å². The molecule has 0 saturated carbocycles. The first kappa shape index (κ1) is 30.7. The number of aryl methyl sites for hydroxylation is 2. The molecule has 0 amide bonds. The van der Waals surface area contributed by atoms with E-state index < -0.39 is 25.4 Å². The average Bonchev–Trinajstić information content (AvgIpc) is 2.88. The summed E-state index contributed by atoms with van der Waals surface area (Å²) in [4.78, 5) is 0. The largest absolute Gasteiger partial charge is 0.426 e. The van der Waals surface area contributed by atoms with E-state index in [4.69, 9.17) is 31.7 Å². The van der Waals surface area contributed by atoms with Crippen molar-refractivity contribution < 1.29 is 31.7 Å². The molecular formula is C30H43O7P3. The van der Waals surface area contributed by atoms with E-state index in [9.17, 15) is 0 Å². The van der Waals surface area contributed by atoms with Crippen LogP contribution in [0.1, 0.15) is 63.8 Å². The highest BCUT2D eigenvalue weighted by Crippen LogP contribution is 2.51. The van der Waals surface area contributed by atoms with E-state index in [1.807, 2.05) is 6.07 Å². The molecule has 0 atom stereocenters. The van der Waals surface area contributed by atoms with Crippen molar-refractivity contribution in [3.8, 4) is 5.75 Å². The van der Waals surface area contributed by atoms with Gasteiger partial charge in [-0.3, -0.25) is 0 Å². The highest BCUT2D eigenvalue weighted by Gasteiger charge is 2.36. The van der Waals surface area contributed by atoms with Gasteiger partial charge >= 0.3 is 8.60 Å². The van der Waals surface area contributed by atoms with Gasteiger partial charge in [0.1, 0.15) is 5.75 Å². The summed E-state index contributed by atoms with van der Waals surface area (Å²) in [6, 6.07) is 10.7. The second-order valence-corrected chi connectivity index (χ2v) is 17.7. The predicted molar refractivity (Wildman–Crippen MR) is 163 cm³/mol.